The third-order valence-corrected chi connectivity index (χ3v) is 3.02. The van der Waals surface area contributed by atoms with Gasteiger partial charge < -0.3 is 10.4 Å². The summed E-state index contributed by atoms with van der Waals surface area (Å²) >= 11 is 0. The van der Waals surface area contributed by atoms with Gasteiger partial charge in [0.1, 0.15) is 0 Å². The highest BCUT2D eigenvalue weighted by Crippen LogP contribution is 2.15. The average molecular weight is 281 g/mol. The number of carboxylic acid groups (broad SMARTS) is 1. The van der Waals surface area contributed by atoms with Crippen molar-refractivity contribution in [3.63, 3.8) is 0 Å². The lowest BCUT2D eigenvalue weighted by atomic mass is 10.1. The molecule has 2 aromatic rings. The second-order valence-corrected chi connectivity index (χ2v) is 4.53. The average Bonchev–Trinajstić information content (AvgIpc) is 2.47. The molecular formula is C17H15NO3. The van der Waals surface area contributed by atoms with Crippen molar-refractivity contribution in [2.75, 3.05) is 5.32 Å². The highest BCUT2D eigenvalue weighted by Gasteiger charge is 2.10. The van der Waals surface area contributed by atoms with Crippen LogP contribution in [0.3, 0.4) is 0 Å². The molecule has 1 amide bonds. The van der Waals surface area contributed by atoms with Gasteiger partial charge in [-0.2, -0.15) is 0 Å². The third kappa shape index (κ3) is 3.79. The lowest BCUT2D eigenvalue weighted by Crippen LogP contribution is -2.11. The molecule has 0 aromatic heterocycles. The van der Waals surface area contributed by atoms with E-state index in [4.69, 9.17) is 5.11 Å². The predicted octanol–water partition coefficient (Wildman–Crippen LogP) is 3.35. The quantitative estimate of drug-likeness (QED) is 0.845. The number of carbonyl (C=O) groups is 2. The molecule has 0 unspecified atom stereocenters. The molecule has 0 saturated carbocycles. The first kappa shape index (κ1) is 14.5. The minimum absolute atomic E-state index is 0.0649. The van der Waals surface area contributed by atoms with Crippen molar-refractivity contribution < 1.29 is 14.7 Å². The van der Waals surface area contributed by atoms with Crippen molar-refractivity contribution in [1.82, 2.24) is 0 Å². The zero-order valence-corrected chi connectivity index (χ0v) is 11.5. The summed E-state index contributed by atoms with van der Waals surface area (Å²) in [6, 6.07) is 14.0. The molecule has 0 spiro atoms. The van der Waals surface area contributed by atoms with E-state index < -0.39 is 5.97 Å². The van der Waals surface area contributed by atoms with Crippen molar-refractivity contribution in [2.24, 2.45) is 0 Å². The molecule has 2 rings (SSSR count). The van der Waals surface area contributed by atoms with E-state index in [9.17, 15) is 9.59 Å². The maximum absolute atomic E-state index is 11.9. The van der Waals surface area contributed by atoms with Crippen LogP contribution in [0, 0.1) is 6.92 Å². The first-order valence-electron chi connectivity index (χ1n) is 6.45. The summed E-state index contributed by atoms with van der Waals surface area (Å²) in [6.07, 6.45) is 3.09. The van der Waals surface area contributed by atoms with Crippen LogP contribution in [-0.2, 0) is 4.79 Å². The SMILES string of the molecule is Cc1ccccc1C=CC(=O)Nc1ccccc1C(=O)O. The van der Waals surface area contributed by atoms with Gasteiger partial charge in [0.05, 0.1) is 11.3 Å². The number of rotatable bonds is 4. The Morgan fingerprint density at radius 3 is 2.43 bits per heavy atom. The second-order valence-electron chi connectivity index (χ2n) is 4.53. The smallest absolute Gasteiger partial charge is 0.337 e. The normalized spacial score (nSPS) is 10.5. The van der Waals surface area contributed by atoms with Crippen LogP contribution >= 0.6 is 0 Å². The van der Waals surface area contributed by atoms with Crippen molar-refractivity contribution in [3.05, 3.63) is 71.3 Å². The first-order chi connectivity index (χ1) is 10.1. The molecule has 2 N–H and O–H groups in total. The summed E-state index contributed by atoms with van der Waals surface area (Å²) < 4.78 is 0. The van der Waals surface area contributed by atoms with E-state index in [1.807, 2.05) is 31.2 Å². The Labute approximate surface area is 122 Å². The Morgan fingerprint density at radius 2 is 1.71 bits per heavy atom. The van der Waals surface area contributed by atoms with Crippen LogP contribution in [0.5, 0.6) is 0 Å². The number of para-hydroxylation sites is 1. The van der Waals surface area contributed by atoms with Crippen molar-refractivity contribution in [2.45, 2.75) is 6.92 Å². The molecule has 0 bridgehead atoms. The monoisotopic (exact) mass is 281 g/mol. The molecule has 0 saturated heterocycles. The van der Waals surface area contributed by atoms with Crippen molar-refractivity contribution >= 4 is 23.6 Å². The van der Waals surface area contributed by atoms with Crippen LogP contribution in [-0.4, -0.2) is 17.0 Å². The lowest BCUT2D eigenvalue weighted by molar-refractivity contribution is -0.111. The van der Waals surface area contributed by atoms with Gasteiger partial charge in [-0.25, -0.2) is 4.79 Å². The Kier molecular flexibility index (Phi) is 4.51. The third-order valence-electron chi connectivity index (χ3n) is 3.02. The summed E-state index contributed by atoms with van der Waals surface area (Å²) in [5.41, 5.74) is 2.35. The molecule has 0 heterocycles. The number of amides is 1. The maximum atomic E-state index is 11.9. The molecular weight excluding hydrogens is 266 g/mol. The Bertz CT molecular complexity index is 705. The van der Waals surface area contributed by atoms with E-state index in [1.165, 1.54) is 12.1 Å². The summed E-state index contributed by atoms with van der Waals surface area (Å²) in [5.74, 6) is -1.44. The molecule has 0 aliphatic rings. The number of aromatic carboxylic acids is 1. The van der Waals surface area contributed by atoms with E-state index in [2.05, 4.69) is 5.32 Å². The Balaban J connectivity index is 2.13. The van der Waals surface area contributed by atoms with E-state index in [-0.39, 0.29) is 17.2 Å². The molecule has 0 aliphatic carbocycles. The lowest BCUT2D eigenvalue weighted by Gasteiger charge is -2.06. The number of anilines is 1. The molecule has 0 atom stereocenters. The second kappa shape index (κ2) is 6.52. The molecule has 0 radical (unpaired) electrons. The number of hydrogen-bond donors (Lipinski definition) is 2. The van der Waals surface area contributed by atoms with E-state index >= 15 is 0 Å². The van der Waals surface area contributed by atoms with Gasteiger partial charge in [0.25, 0.3) is 0 Å². The van der Waals surface area contributed by atoms with Crippen LogP contribution in [0.25, 0.3) is 6.08 Å². The van der Waals surface area contributed by atoms with Crippen molar-refractivity contribution in [1.29, 1.82) is 0 Å². The largest absolute Gasteiger partial charge is 0.478 e. The Hall–Kier alpha value is -2.88. The first-order valence-corrected chi connectivity index (χ1v) is 6.45. The van der Waals surface area contributed by atoms with Crippen LogP contribution in [0.4, 0.5) is 5.69 Å². The topological polar surface area (TPSA) is 66.4 Å². The zero-order chi connectivity index (χ0) is 15.2. The molecule has 4 nitrogen and oxygen atoms in total. The van der Waals surface area contributed by atoms with Crippen LogP contribution in [0.2, 0.25) is 0 Å². The number of carbonyl (C=O) groups excluding carboxylic acids is 1. The molecule has 2 aromatic carbocycles. The molecule has 4 heteroatoms. The van der Waals surface area contributed by atoms with Gasteiger partial charge in [0, 0.05) is 6.08 Å². The summed E-state index contributed by atoms with van der Waals surface area (Å²) in [5, 5.41) is 11.6. The van der Waals surface area contributed by atoms with Crippen molar-refractivity contribution in [3.8, 4) is 0 Å². The van der Waals surface area contributed by atoms with Gasteiger partial charge in [-0.1, -0.05) is 36.4 Å². The van der Waals surface area contributed by atoms with Gasteiger partial charge in [0.2, 0.25) is 5.91 Å². The highest BCUT2D eigenvalue weighted by atomic mass is 16.4. The van der Waals surface area contributed by atoms with Gasteiger partial charge in [0.15, 0.2) is 0 Å². The maximum Gasteiger partial charge on any atom is 0.337 e. The van der Waals surface area contributed by atoms with Crippen LogP contribution in [0.1, 0.15) is 21.5 Å². The van der Waals surface area contributed by atoms with Crippen LogP contribution < -0.4 is 5.32 Å². The predicted molar refractivity (Wildman–Crippen MR) is 82.2 cm³/mol. The minimum atomic E-state index is -1.08. The summed E-state index contributed by atoms with van der Waals surface area (Å²) in [7, 11) is 0. The van der Waals surface area contributed by atoms with E-state index in [1.54, 1.807) is 24.3 Å². The molecule has 106 valence electrons. The molecule has 21 heavy (non-hydrogen) atoms. The standard InChI is InChI=1S/C17H15NO3/c1-12-6-2-3-7-13(12)10-11-16(19)18-15-9-5-4-8-14(15)17(20)21/h2-11H,1H3,(H,18,19)(H,20,21). The number of benzene rings is 2. The number of nitrogens with one attached hydrogen (secondary N) is 1. The minimum Gasteiger partial charge on any atom is -0.478 e. The highest BCUT2D eigenvalue weighted by molar-refractivity contribution is 6.06. The van der Waals surface area contributed by atoms with Crippen LogP contribution in [0.15, 0.2) is 54.6 Å². The zero-order valence-electron chi connectivity index (χ0n) is 11.5. The molecule has 0 aliphatic heterocycles. The Morgan fingerprint density at radius 1 is 1.05 bits per heavy atom. The fraction of sp³-hybridized carbons (Fsp3) is 0.0588. The van der Waals surface area contributed by atoms with Gasteiger partial charge in [-0.05, 0) is 36.3 Å². The summed E-state index contributed by atoms with van der Waals surface area (Å²) in [4.78, 5) is 22.9. The number of aryl methyl sites for hydroxylation is 1. The van der Waals surface area contributed by atoms with Gasteiger partial charge in [-0.15, -0.1) is 0 Å². The van der Waals surface area contributed by atoms with E-state index in [0.717, 1.165) is 11.1 Å². The fourth-order valence-corrected chi connectivity index (χ4v) is 1.89. The van der Waals surface area contributed by atoms with E-state index in [0.29, 0.717) is 0 Å². The number of hydrogen-bond acceptors (Lipinski definition) is 2. The summed E-state index contributed by atoms with van der Waals surface area (Å²) in [6.45, 7) is 1.96. The van der Waals surface area contributed by atoms with Gasteiger partial charge >= 0.3 is 5.97 Å². The van der Waals surface area contributed by atoms with Gasteiger partial charge in [-0.3, -0.25) is 4.79 Å². The number of carboxylic acids is 1. The fourth-order valence-electron chi connectivity index (χ4n) is 1.89. The molecule has 0 fully saturated rings.